The van der Waals surface area contributed by atoms with Crippen molar-refractivity contribution < 1.29 is 9.53 Å². The number of nitrogens with two attached hydrogens (primary N) is 1. The third-order valence-electron chi connectivity index (χ3n) is 3.10. The average Bonchev–Trinajstić information content (AvgIpc) is 2.64. The maximum absolute atomic E-state index is 11.9. The van der Waals surface area contributed by atoms with Gasteiger partial charge in [0.1, 0.15) is 5.60 Å². The third kappa shape index (κ3) is 2.60. The zero-order chi connectivity index (χ0) is 13.2. The SMILES string of the molecule is CC1(CCCN)CN(c2ccccc2Cl)C(=O)O1. The predicted octanol–water partition coefficient (Wildman–Crippen LogP) is 2.79. The number of para-hydroxylation sites is 1. The maximum Gasteiger partial charge on any atom is 0.415 e. The number of nitrogens with zero attached hydrogens (tertiary/aromatic N) is 1. The second kappa shape index (κ2) is 5.16. The second-order valence-corrected chi connectivity index (χ2v) is 5.15. The number of amides is 1. The molecule has 0 saturated carbocycles. The van der Waals surface area contributed by atoms with Crippen LogP contribution in [-0.4, -0.2) is 24.8 Å². The summed E-state index contributed by atoms with van der Waals surface area (Å²) in [6.45, 7) is 3.03. The van der Waals surface area contributed by atoms with Gasteiger partial charge in [0.25, 0.3) is 0 Å². The lowest BCUT2D eigenvalue weighted by molar-refractivity contribution is 0.0640. The molecule has 1 fully saturated rings. The highest BCUT2D eigenvalue weighted by Crippen LogP contribution is 2.34. The van der Waals surface area contributed by atoms with Crippen molar-refractivity contribution in [3.63, 3.8) is 0 Å². The molecule has 1 saturated heterocycles. The summed E-state index contributed by atoms with van der Waals surface area (Å²) in [6.07, 6.45) is 1.25. The third-order valence-corrected chi connectivity index (χ3v) is 3.42. The lowest BCUT2D eigenvalue weighted by Crippen LogP contribution is -2.32. The molecule has 1 aromatic rings. The number of rotatable bonds is 4. The predicted molar refractivity (Wildman–Crippen MR) is 72.0 cm³/mol. The molecule has 0 spiro atoms. The molecule has 2 rings (SSSR count). The van der Waals surface area contributed by atoms with E-state index < -0.39 is 5.60 Å². The van der Waals surface area contributed by atoms with E-state index >= 15 is 0 Å². The summed E-state index contributed by atoms with van der Waals surface area (Å²) >= 11 is 6.10. The number of ether oxygens (including phenoxy) is 1. The van der Waals surface area contributed by atoms with Gasteiger partial charge in [-0.25, -0.2) is 4.79 Å². The van der Waals surface area contributed by atoms with Crippen LogP contribution in [0.4, 0.5) is 10.5 Å². The molecule has 18 heavy (non-hydrogen) atoms. The van der Waals surface area contributed by atoms with Crippen LogP contribution in [-0.2, 0) is 4.74 Å². The largest absolute Gasteiger partial charge is 0.441 e. The van der Waals surface area contributed by atoms with Crippen molar-refractivity contribution in [2.75, 3.05) is 18.0 Å². The number of benzene rings is 1. The lowest BCUT2D eigenvalue weighted by Gasteiger charge is -2.21. The van der Waals surface area contributed by atoms with Gasteiger partial charge in [-0.15, -0.1) is 0 Å². The van der Waals surface area contributed by atoms with Crippen molar-refractivity contribution >= 4 is 23.4 Å². The van der Waals surface area contributed by atoms with Crippen molar-refractivity contribution in [1.82, 2.24) is 0 Å². The van der Waals surface area contributed by atoms with Gasteiger partial charge in [0.2, 0.25) is 0 Å². The van der Waals surface area contributed by atoms with Crippen molar-refractivity contribution in [3.05, 3.63) is 29.3 Å². The van der Waals surface area contributed by atoms with Gasteiger partial charge in [0.15, 0.2) is 0 Å². The summed E-state index contributed by atoms with van der Waals surface area (Å²) < 4.78 is 5.45. The van der Waals surface area contributed by atoms with E-state index in [-0.39, 0.29) is 6.09 Å². The normalized spacial score (nSPS) is 23.3. The van der Waals surface area contributed by atoms with Gasteiger partial charge in [0, 0.05) is 0 Å². The van der Waals surface area contributed by atoms with Crippen molar-refractivity contribution in [2.24, 2.45) is 5.73 Å². The Morgan fingerprint density at radius 1 is 1.50 bits per heavy atom. The number of carbonyl (C=O) groups excluding carboxylic acids is 1. The first-order valence-corrected chi connectivity index (χ1v) is 6.39. The van der Waals surface area contributed by atoms with Gasteiger partial charge in [-0.3, -0.25) is 4.90 Å². The molecular formula is C13H17ClN2O2. The first-order chi connectivity index (χ1) is 8.56. The van der Waals surface area contributed by atoms with Crippen LogP contribution in [0.5, 0.6) is 0 Å². The van der Waals surface area contributed by atoms with Crippen molar-refractivity contribution in [1.29, 1.82) is 0 Å². The van der Waals surface area contributed by atoms with Crippen LogP contribution >= 0.6 is 11.6 Å². The Hall–Kier alpha value is -1.26. The first kappa shape index (κ1) is 13.2. The number of cyclic esters (lactones) is 1. The monoisotopic (exact) mass is 268 g/mol. The van der Waals surface area contributed by atoms with E-state index in [2.05, 4.69) is 0 Å². The summed E-state index contributed by atoms with van der Waals surface area (Å²) in [6, 6.07) is 7.27. The number of hydrogen-bond donors (Lipinski definition) is 1. The molecule has 1 atom stereocenters. The quantitative estimate of drug-likeness (QED) is 0.914. The molecule has 4 nitrogen and oxygen atoms in total. The summed E-state index contributed by atoms with van der Waals surface area (Å²) in [4.78, 5) is 13.5. The number of carbonyl (C=O) groups is 1. The van der Waals surface area contributed by atoms with E-state index in [1.165, 1.54) is 0 Å². The highest BCUT2D eigenvalue weighted by molar-refractivity contribution is 6.33. The Labute approximate surface area is 112 Å². The van der Waals surface area contributed by atoms with Crippen LogP contribution in [0.2, 0.25) is 5.02 Å². The highest BCUT2D eigenvalue weighted by Gasteiger charge is 2.41. The van der Waals surface area contributed by atoms with E-state index in [1.807, 2.05) is 25.1 Å². The minimum absolute atomic E-state index is 0.345. The van der Waals surface area contributed by atoms with Crippen LogP contribution in [0.1, 0.15) is 19.8 Å². The molecule has 1 aliphatic rings. The topological polar surface area (TPSA) is 55.6 Å². The number of halogens is 1. The van der Waals surface area contributed by atoms with Crippen LogP contribution < -0.4 is 10.6 Å². The maximum atomic E-state index is 11.9. The molecule has 5 heteroatoms. The fraction of sp³-hybridized carbons (Fsp3) is 0.462. The Morgan fingerprint density at radius 2 is 2.22 bits per heavy atom. The zero-order valence-electron chi connectivity index (χ0n) is 10.4. The van der Waals surface area contributed by atoms with Crippen LogP contribution in [0.25, 0.3) is 0 Å². The summed E-state index contributed by atoms with van der Waals surface area (Å²) in [5.74, 6) is 0. The second-order valence-electron chi connectivity index (χ2n) is 4.75. The molecular weight excluding hydrogens is 252 g/mol. The Morgan fingerprint density at radius 3 is 2.89 bits per heavy atom. The molecule has 0 bridgehead atoms. The van der Waals surface area contributed by atoms with Gasteiger partial charge < -0.3 is 10.5 Å². The highest BCUT2D eigenvalue weighted by atomic mass is 35.5. The average molecular weight is 269 g/mol. The van der Waals surface area contributed by atoms with Crippen molar-refractivity contribution in [2.45, 2.75) is 25.4 Å². The summed E-state index contributed by atoms with van der Waals surface area (Å²) in [7, 11) is 0. The number of anilines is 1. The fourth-order valence-electron chi connectivity index (χ4n) is 2.16. The summed E-state index contributed by atoms with van der Waals surface area (Å²) in [5, 5.41) is 0.553. The fourth-order valence-corrected chi connectivity index (χ4v) is 2.40. The van der Waals surface area contributed by atoms with E-state index in [0.717, 1.165) is 12.8 Å². The minimum atomic E-state index is -0.477. The molecule has 1 aromatic carbocycles. The van der Waals surface area contributed by atoms with E-state index in [9.17, 15) is 4.79 Å². The smallest absolute Gasteiger partial charge is 0.415 e. The molecule has 0 aromatic heterocycles. The standard InChI is InChI=1S/C13H17ClN2O2/c1-13(7-4-8-15)9-16(12(17)18-13)11-6-3-2-5-10(11)14/h2-3,5-6H,4,7-9,15H2,1H3. The molecule has 0 radical (unpaired) electrons. The Bertz CT molecular complexity index is 452. The molecule has 1 heterocycles. The van der Waals surface area contributed by atoms with Crippen molar-refractivity contribution in [3.8, 4) is 0 Å². The molecule has 1 unspecified atom stereocenters. The van der Waals surface area contributed by atoms with Gasteiger partial charge in [-0.2, -0.15) is 0 Å². The molecule has 0 aliphatic carbocycles. The van der Waals surface area contributed by atoms with E-state index in [4.69, 9.17) is 22.1 Å². The first-order valence-electron chi connectivity index (χ1n) is 6.01. The van der Waals surface area contributed by atoms with Crippen LogP contribution in [0, 0.1) is 0 Å². The zero-order valence-corrected chi connectivity index (χ0v) is 11.1. The minimum Gasteiger partial charge on any atom is -0.441 e. The van der Waals surface area contributed by atoms with Gasteiger partial charge in [-0.05, 0) is 38.4 Å². The van der Waals surface area contributed by atoms with E-state index in [1.54, 1.807) is 11.0 Å². The molecule has 98 valence electrons. The Balaban J connectivity index is 2.17. The van der Waals surface area contributed by atoms with Crippen LogP contribution in [0.3, 0.4) is 0 Å². The van der Waals surface area contributed by atoms with Gasteiger partial charge >= 0.3 is 6.09 Å². The lowest BCUT2D eigenvalue weighted by atomic mass is 10.00. The molecule has 1 aliphatic heterocycles. The van der Waals surface area contributed by atoms with Gasteiger partial charge in [0.05, 0.1) is 17.3 Å². The molecule has 1 amide bonds. The Kier molecular flexibility index (Phi) is 3.78. The van der Waals surface area contributed by atoms with E-state index in [0.29, 0.717) is 23.8 Å². The van der Waals surface area contributed by atoms with Crippen LogP contribution in [0.15, 0.2) is 24.3 Å². The van der Waals surface area contributed by atoms with Gasteiger partial charge in [-0.1, -0.05) is 23.7 Å². The summed E-state index contributed by atoms with van der Waals surface area (Å²) in [5.41, 5.74) is 5.71. The molecule has 2 N–H and O–H groups in total. The number of hydrogen-bond acceptors (Lipinski definition) is 3.